The van der Waals surface area contributed by atoms with Gasteiger partial charge in [-0.2, -0.15) is 0 Å². The van der Waals surface area contributed by atoms with Gasteiger partial charge in [-0.1, -0.05) is 35.9 Å². The average Bonchev–Trinajstić information content (AvgIpc) is 3.36. The van der Waals surface area contributed by atoms with Gasteiger partial charge < -0.3 is 20.3 Å². The Bertz CT molecular complexity index is 1530. The molecule has 1 aromatic carbocycles. The second-order valence-electron chi connectivity index (χ2n) is 10.7. The molecule has 3 N–H and O–H groups in total. The van der Waals surface area contributed by atoms with E-state index in [1.165, 1.54) is 17.3 Å². The van der Waals surface area contributed by atoms with Crippen molar-refractivity contribution in [3.8, 4) is 11.4 Å². The highest BCUT2D eigenvalue weighted by Crippen LogP contribution is 2.46. The number of benzene rings is 1. The second-order valence-corrected chi connectivity index (χ2v) is 11.1. The van der Waals surface area contributed by atoms with E-state index in [0.717, 1.165) is 51.0 Å². The lowest BCUT2D eigenvalue weighted by atomic mass is 9.61. The average molecular weight is 530 g/mol. The van der Waals surface area contributed by atoms with Gasteiger partial charge in [-0.15, -0.1) is 0 Å². The number of aliphatic carboxylic acids is 1. The Kier molecular flexibility index (Phi) is 5.69. The van der Waals surface area contributed by atoms with Crippen LogP contribution in [0.15, 0.2) is 42.7 Å². The minimum absolute atomic E-state index is 0.158. The number of nitrogens with zero attached hydrogens (tertiary/aromatic N) is 5. The maximum absolute atomic E-state index is 12.3. The largest absolute Gasteiger partial charge is 0.481 e. The molecular formula is C28H28ClN7O2. The van der Waals surface area contributed by atoms with E-state index in [9.17, 15) is 9.90 Å². The number of hydrogen-bond donors (Lipinski definition) is 3. The molecule has 2 bridgehead atoms. The zero-order valence-electron chi connectivity index (χ0n) is 20.8. The molecule has 4 aromatic rings. The highest BCUT2D eigenvalue weighted by molar-refractivity contribution is 6.29. The summed E-state index contributed by atoms with van der Waals surface area (Å²) >= 11 is 6.17. The van der Waals surface area contributed by atoms with Crippen molar-refractivity contribution in [3.63, 3.8) is 0 Å². The summed E-state index contributed by atoms with van der Waals surface area (Å²) < 4.78 is 0. The summed E-state index contributed by atoms with van der Waals surface area (Å²) in [5.41, 5.74) is 4.56. The molecule has 1 aliphatic heterocycles. The van der Waals surface area contributed by atoms with Crippen LogP contribution < -0.4 is 10.2 Å². The fourth-order valence-corrected chi connectivity index (χ4v) is 6.84. The molecule has 3 aliphatic carbocycles. The van der Waals surface area contributed by atoms with Crippen LogP contribution in [0.1, 0.15) is 36.8 Å². The molecule has 2 atom stereocenters. The maximum Gasteiger partial charge on any atom is 0.308 e. The molecule has 3 aromatic heterocycles. The Morgan fingerprint density at radius 3 is 2.68 bits per heavy atom. The van der Waals surface area contributed by atoms with Crippen molar-refractivity contribution in [3.05, 3.63) is 59.0 Å². The SMILES string of the molecule is O=C(O)C1C2CCC(CC2)[C@@H]1Nc1cc(N2CCc3ccccc3C2)nc(-c2c[nH]c3ncc(Cl)nc23)n1. The minimum Gasteiger partial charge on any atom is -0.481 e. The fraction of sp³-hybridized carbons (Fsp3) is 0.393. The molecule has 3 fully saturated rings. The summed E-state index contributed by atoms with van der Waals surface area (Å²) in [6.45, 7) is 1.58. The van der Waals surface area contributed by atoms with Crippen LogP contribution in [-0.2, 0) is 17.8 Å². The lowest BCUT2D eigenvalue weighted by Gasteiger charge is -2.47. The van der Waals surface area contributed by atoms with Gasteiger partial charge in [0.25, 0.3) is 0 Å². The van der Waals surface area contributed by atoms with Crippen molar-refractivity contribution in [2.45, 2.75) is 44.7 Å². The summed E-state index contributed by atoms with van der Waals surface area (Å²) in [4.78, 5) is 36.4. The molecular weight excluding hydrogens is 502 g/mol. The molecule has 194 valence electrons. The quantitative estimate of drug-likeness (QED) is 0.333. The number of H-pyrrole nitrogens is 1. The van der Waals surface area contributed by atoms with Gasteiger partial charge in [-0.25, -0.2) is 19.9 Å². The van der Waals surface area contributed by atoms with Crippen LogP contribution >= 0.6 is 11.6 Å². The van der Waals surface area contributed by atoms with E-state index >= 15 is 0 Å². The summed E-state index contributed by atoms with van der Waals surface area (Å²) in [6, 6.07) is 10.3. The summed E-state index contributed by atoms with van der Waals surface area (Å²) in [5.74, 6) is 1.33. The van der Waals surface area contributed by atoms with E-state index in [2.05, 4.69) is 49.4 Å². The molecule has 0 radical (unpaired) electrons. The fourth-order valence-electron chi connectivity index (χ4n) is 6.71. The van der Waals surface area contributed by atoms with E-state index in [4.69, 9.17) is 21.6 Å². The Balaban J connectivity index is 1.31. The maximum atomic E-state index is 12.3. The third-order valence-electron chi connectivity index (χ3n) is 8.58. The van der Waals surface area contributed by atoms with Gasteiger partial charge in [-0.05, 0) is 55.1 Å². The van der Waals surface area contributed by atoms with E-state index in [1.54, 1.807) is 6.20 Å². The van der Waals surface area contributed by atoms with Crippen molar-refractivity contribution in [2.24, 2.45) is 17.8 Å². The monoisotopic (exact) mass is 529 g/mol. The van der Waals surface area contributed by atoms with E-state index < -0.39 is 11.9 Å². The van der Waals surface area contributed by atoms with Gasteiger partial charge in [0.05, 0.1) is 17.7 Å². The van der Waals surface area contributed by atoms with Crippen LogP contribution in [0, 0.1) is 17.8 Å². The standard InChI is InChI=1S/C28H28ClN7O2/c29-20-13-31-27-25(32-20)19(12-30-27)26-34-21(33-24-17-7-5-16(6-8-17)23(24)28(37)38)11-22(35-26)36-10-9-15-3-1-2-4-18(15)14-36/h1-4,11-13,16-17,23-24H,5-10,14H2,(H,30,31)(H,37,38)(H,33,34,35)/t16?,17?,23?,24-/m0/s1. The number of rotatable bonds is 5. The predicted octanol–water partition coefficient (Wildman–Crippen LogP) is 4.93. The third-order valence-corrected chi connectivity index (χ3v) is 8.76. The molecule has 1 unspecified atom stereocenters. The number of anilines is 2. The second kappa shape index (κ2) is 9.23. The number of fused-ring (bicyclic) bond motifs is 5. The van der Waals surface area contributed by atoms with Crippen molar-refractivity contribution in [1.82, 2.24) is 24.9 Å². The number of nitrogens with one attached hydrogen (secondary N) is 2. The zero-order chi connectivity index (χ0) is 25.8. The molecule has 38 heavy (non-hydrogen) atoms. The minimum atomic E-state index is -0.722. The van der Waals surface area contributed by atoms with Crippen LogP contribution in [0.2, 0.25) is 5.15 Å². The number of aromatic amines is 1. The van der Waals surface area contributed by atoms with Crippen LogP contribution in [0.5, 0.6) is 0 Å². The van der Waals surface area contributed by atoms with Gasteiger partial charge >= 0.3 is 5.97 Å². The smallest absolute Gasteiger partial charge is 0.308 e. The predicted molar refractivity (Wildman–Crippen MR) is 145 cm³/mol. The molecule has 0 spiro atoms. The zero-order valence-corrected chi connectivity index (χ0v) is 21.5. The first-order valence-electron chi connectivity index (χ1n) is 13.2. The van der Waals surface area contributed by atoms with Gasteiger partial charge in [0, 0.05) is 31.4 Å². The Morgan fingerprint density at radius 2 is 1.87 bits per heavy atom. The van der Waals surface area contributed by atoms with Gasteiger partial charge in [-0.3, -0.25) is 4.79 Å². The normalized spacial score (nSPS) is 24.4. The van der Waals surface area contributed by atoms with E-state index in [1.807, 2.05) is 6.07 Å². The summed E-state index contributed by atoms with van der Waals surface area (Å²) in [6.07, 6.45) is 8.32. The first-order valence-corrected chi connectivity index (χ1v) is 13.6. The van der Waals surface area contributed by atoms with Crippen molar-refractivity contribution >= 4 is 40.4 Å². The van der Waals surface area contributed by atoms with Crippen molar-refractivity contribution < 1.29 is 9.90 Å². The Labute approximate surface area is 224 Å². The Morgan fingerprint density at radius 1 is 1.08 bits per heavy atom. The van der Waals surface area contributed by atoms with Gasteiger partial charge in [0.2, 0.25) is 0 Å². The molecule has 8 rings (SSSR count). The number of halogens is 1. The summed E-state index contributed by atoms with van der Waals surface area (Å²) in [7, 11) is 0. The Hall–Kier alpha value is -3.72. The van der Waals surface area contributed by atoms with E-state index in [0.29, 0.717) is 39.4 Å². The van der Waals surface area contributed by atoms with Crippen molar-refractivity contribution in [2.75, 3.05) is 16.8 Å². The van der Waals surface area contributed by atoms with Crippen molar-refractivity contribution in [1.29, 1.82) is 0 Å². The van der Waals surface area contributed by atoms with Crippen LogP contribution in [0.3, 0.4) is 0 Å². The van der Waals surface area contributed by atoms with Gasteiger partial charge in [0.15, 0.2) is 11.5 Å². The molecule has 9 nitrogen and oxygen atoms in total. The van der Waals surface area contributed by atoms with Gasteiger partial charge in [0.1, 0.15) is 22.3 Å². The molecule has 10 heteroatoms. The first kappa shape index (κ1) is 23.4. The first-order chi connectivity index (χ1) is 18.5. The third kappa shape index (κ3) is 4.05. The topological polar surface area (TPSA) is 120 Å². The lowest BCUT2D eigenvalue weighted by molar-refractivity contribution is -0.148. The van der Waals surface area contributed by atoms with Crippen LogP contribution in [-0.4, -0.2) is 48.6 Å². The molecule has 0 amide bonds. The molecule has 3 saturated carbocycles. The number of aromatic nitrogens is 5. The molecule has 0 saturated heterocycles. The number of carboxylic acid groups (broad SMARTS) is 1. The highest BCUT2D eigenvalue weighted by atomic mass is 35.5. The van der Waals surface area contributed by atoms with Crippen LogP contribution in [0.25, 0.3) is 22.6 Å². The lowest BCUT2D eigenvalue weighted by Crippen LogP contribution is -2.51. The highest BCUT2D eigenvalue weighted by Gasteiger charge is 2.47. The van der Waals surface area contributed by atoms with Crippen LogP contribution in [0.4, 0.5) is 11.6 Å². The summed E-state index contributed by atoms with van der Waals surface area (Å²) in [5, 5.41) is 14.0. The van der Waals surface area contributed by atoms with E-state index in [-0.39, 0.29) is 12.0 Å². The molecule has 4 aliphatic rings. The number of hydrogen-bond acceptors (Lipinski definition) is 7. The molecule has 4 heterocycles. The number of carboxylic acids is 1. The number of carbonyl (C=O) groups is 1.